The Morgan fingerprint density at radius 3 is 3.15 bits per heavy atom. The summed E-state index contributed by atoms with van der Waals surface area (Å²) in [6.07, 6.45) is 5.81. The van der Waals surface area contributed by atoms with Crippen molar-refractivity contribution in [3.63, 3.8) is 0 Å². The van der Waals surface area contributed by atoms with E-state index in [0.717, 1.165) is 0 Å². The second kappa shape index (κ2) is 2.52. The number of allylic oxidation sites excluding steroid dienone is 1. The lowest BCUT2D eigenvalue weighted by atomic mass is 10.1. The lowest BCUT2D eigenvalue weighted by Crippen LogP contribution is -2.26. The highest BCUT2D eigenvalue weighted by molar-refractivity contribution is 5.72. The van der Waals surface area contributed by atoms with Crippen LogP contribution in [0.2, 0.25) is 0 Å². The van der Waals surface area contributed by atoms with E-state index in [0.29, 0.717) is 18.5 Å². The number of aromatic nitrogens is 2. The highest BCUT2D eigenvalue weighted by Crippen LogP contribution is 2.29. The number of hydrogen-bond donors (Lipinski definition) is 0. The van der Waals surface area contributed by atoms with E-state index in [9.17, 15) is 9.18 Å². The predicted octanol–water partition coefficient (Wildman–Crippen LogP) is 1.75. The quantitative estimate of drug-likeness (QED) is 0.617. The SMILES string of the molecule is CC1(F)CC=Cc2nc(C=O)cn21. The lowest BCUT2D eigenvalue weighted by Gasteiger charge is -2.24. The van der Waals surface area contributed by atoms with Crippen LogP contribution in [0.1, 0.15) is 29.7 Å². The second-order valence-electron chi connectivity index (χ2n) is 3.26. The van der Waals surface area contributed by atoms with Crippen molar-refractivity contribution in [2.75, 3.05) is 0 Å². The molecule has 0 bridgehead atoms. The summed E-state index contributed by atoms with van der Waals surface area (Å²) >= 11 is 0. The largest absolute Gasteiger partial charge is 0.297 e. The van der Waals surface area contributed by atoms with Gasteiger partial charge in [-0.25, -0.2) is 9.37 Å². The van der Waals surface area contributed by atoms with Gasteiger partial charge in [-0.15, -0.1) is 0 Å². The molecule has 0 radical (unpaired) electrons. The first-order chi connectivity index (χ1) is 6.13. The minimum absolute atomic E-state index is 0.269. The van der Waals surface area contributed by atoms with Gasteiger partial charge in [-0.1, -0.05) is 6.08 Å². The van der Waals surface area contributed by atoms with Gasteiger partial charge in [-0.2, -0.15) is 0 Å². The molecule has 2 heterocycles. The molecule has 0 amide bonds. The summed E-state index contributed by atoms with van der Waals surface area (Å²) in [6, 6.07) is 0. The van der Waals surface area contributed by atoms with Gasteiger partial charge in [0.1, 0.15) is 11.5 Å². The number of hydrogen-bond acceptors (Lipinski definition) is 2. The standard InChI is InChI=1S/C9H9FN2O/c1-9(10)4-2-3-8-11-7(6-13)5-12(8)9/h2-3,5-6H,4H2,1H3. The second-order valence-corrected chi connectivity index (χ2v) is 3.26. The molecule has 2 rings (SSSR count). The molecule has 0 spiro atoms. The van der Waals surface area contributed by atoms with Crippen molar-refractivity contribution >= 4 is 12.4 Å². The minimum Gasteiger partial charge on any atom is -0.297 e. The first-order valence-corrected chi connectivity index (χ1v) is 4.04. The predicted molar refractivity (Wildman–Crippen MR) is 46.0 cm³/mol. The van der Waals surface area contributed by atoms with Crippen molar-refractivity contribution in [2.45, 2.75) is 19.1 Å². The number of carbonyl (C=O) groups is 1. The van der Waals surface area contributed by atoms with E-state index in [4.69, 9.17) is 0 Å². The third kappa shape index (κ3) is 1.18. The Bertz CT molecular complexity index is 379. The number of nitrogens with zero attached hydrogens (tertiary/aromatic N) is 2. The Balaban J connectivity index is 2.57. The maximum Gasteiger partial charge on any atom is 0.188 e. The molecule has 1 atom stereocenters. The molecule has 0 saturated carbocycles. The molecule has 0 N–H and O–H groups in total. The Kier molecular flexibility index (Phi) is 1.58. The zero-order valence-corrected chi connectivity index (χ0v) is 7.20. The van der Waals surface area contributed by atoms with Crippen molar-refractivity contribution in [1.82, 2.24) is 9.55 Å². The van der Waals surface area contributed by atoms with Gasteiger partial charge in [0.05, 0.1) is 0 Å². The van der Waals surface area contributed by atoms with Crippen LogP contribution in [0.3, 0.4) is 0 Å². The summed E-state index contributed by atoms with van der Waals surface area (Å²) in [5.41, 5.74) is 0.269. The van der Waals surface area contributed by atoms with Crippen LogP contribution in [0.4, 0.5) is 4.39 Å². The molecule has 1 aliphatic heterocycles. The Morgan fingerprint density at radius 1 is 1.77 bits per heavy atom. The molecule has 68 valence electrons. The van der Waals surface area contributed by atoms with Crippen molar-refractivity contribution in [3.8, 4) is 0 Å². The minimum atomic E-state index is -1.46. The van der Waals surface area contributed by atoms with Crippen molar-refractivity contribution in [1.29, 1.82) is 0 Å². The average Bonchev–Trinajstić information content (AvgIpc) is 2.48. The number of imidazole rings is 1. The number of alkyl halides is 1. The van der Waals surface area contributed by atoms with Crippen LogP contribution < -0.4 is 0 Å². The molecule has 1 aliphatic rings. The molecule has 0 fully saturated rings. The highest BCUT2D eigenvalue weighted by Gasteiger charge is 2.29. The number of aldehydes is 1. The molecule has 0 saturated heterocycles. The summed E-state index contributed by atoms with van der Waals surface area (Å²) in [7, 11) is 0. The van der Waals surface area contributed by atoms with Crippen molar-refractivity contribution in [3.05, 3.63) is 23.8 Å². The lowest BCUT2D eigenvalue weighted by molar-refractivity contribution is 0.0941. The zero-order valence-electron chi connectivity index (χ0n) is 7.20. The molecule has 4 heteroatoms. The smallest absolute Gasteiger partial charge is 0.188 e. The van der Waals surface area contributed by atoms with Gasteiger partial charge in [-0.05, 0) is 13.0 Å². The fourth-order valence-corrected chi connectivity index (χ4v) is 1.44. The summed E-state index contributed by atoms with van der Waals surface area (Å²) < 4.78 is 15.2. The van der Waals surface area contributed by atoms with Gasteiger partial charge in [0.2, 0.25) is 0 Å². The molecule has 3 nitrogen and oxygen atoms in total. The van der Waals surface area contributed by atoms with Gasteiger partial charge >= 0.3 is 0 Å². The van der Waals surface area contributed by atoms with Crippen LogP contribution in [0.25, 0.3) is 6.08 Å². The molecule has 0 aromatic carbocycles. The van der Waals surface area contributed by atoms with E-state index in [1.165, 1.54) is 17.7 Å². The number of fused-ring (bicyclic) bond motifs is 1. The summed E-state index contributed by atoms with van der Waals surface area (Å²) in [5.74, 6) is -0.962. The Morgan fingerprint density at radius 2 is 2.54 bits per heavy atom. The van der Waals surface area contributed by atoms with Crippen LogP contribution in [0.15, 0.2) is 12.3 Å². The average molecular weight is 180 g/mol. The van der Waals surface area contributed by atoms with E-state index in [1.807, 2.05) is 0 Å². The van der Waals surface area contributed by atoms with Crippen molar-refractivity contribution in [2.24, 2.45) is 0 Å². The van der Waals surface area contributed by atoms with E-state index in [1.54, 1.807) is 12.2 Å². The van der Waals surface area contributed by atoms with Crippen LogP contribution in [0, 0.1) is 0 Å². The van der Waals surface area contributed by atoms with Gasteiger partial charge in [0.25, 0.3) is 0 Å². The number of carbonyl (C=O) groups excluding carboxylic acids is 1. The number of halogens is 1. The van der Waals surface area contributed by atoms with Gasteiger partial charge in [0, 0.05) is 12.6 Å². The van der Waals surface area contributed by atoms with E-state index in [2.05, 4.69) is 4.98 Å². The maximum absolute atomic E-state index is 13.8. The third-order valence-corrected chi connectivity index (χ3v) is 2.13. The van der Waals surface area contributed by atoms with Crippen LogP contribution in [0.5, 0.6) is 0 Å². The first kappa shape index (κ1) is 8.16. The van der Waals surface area contributed by atoms with Gasteiger partial charge < -0.3 is 0 Å². The van der Waals surface area contributed by atoms with Crippen LogP contribution in [-0.4, -0.2) is 15.8 Å². The van der Waals surface area contributed by atoms with Gasteiger partial charge in [0.15, 0.2) is 12.1 Å². The van der Waals surface area contributed by atoms with Crippen LogP contribution >= 0.6 is 0 Å². The molecule has 1 aromatic rings. The summed E-state index contributed by atoms with van der Waals surface area (Å²) in [6.45, 7) is 1.47. The van der Waals surface area contributed by atoms with Gasteiger partial charge in [-0.3, -0.25) is 9.36 Å². The molecule has 1 unspecified atom stereocenters. The Hall–Kier alpha value is -1.45. The highest BCUT2D eigenvalue weighted by atomic mass is 19.1. The third-order valence-electron chi connectivity index (χ3n) is 2.13. The zero-order chi connectivity index (χ0) is 9.47. The molecule has 0 aliphatic carbocycles. The van der Waals surface area contributed by atoms with Crippen molar-refractivity contribution < 1.29 is 9.18 Å². The number of rotatable bonds is 1. The van der Waals surface area contributed by atoms with E-state index in [-0.39, 0.29) is 5.69 Å². The molecular weight excluding hydrogens is 171 g/mol. The fraction of sp³-hybridized carbons (Fsp3) is 0.333. The molecule has 1 aromatic heterocycles. The van der Waals surface area contributed by atoms with E-state index < -0.39 is 5.79 Å². The first-order valence-electron chi connectivity index (χ1n) is 4.04. The summed E-state index contributed by atoms with van der Waals surface area (Å²) in [4.78, 5) is 14.3. The normalized spacial score (nSPS) is 25.7. The molecule has 13 heavy (non-hydrogen) atoms. The van der Waals surface area contributed by atoms with Crippen LogP contribution in [-0.2, 0) is 5.79 Å². The monoisotopic (exact) mass is 180 g/mol. The Labute approximate surface area is 74.9 Å². The maximum atomic E-state index is 13.8. The molecular formula is C9H9FN2O. The van der Waals surface area contributed by atoms with E-state index >= 15 is 0 Å². The topological polar surface area (TPSA) is 34.9 Å². The summed E-state index contributed by atoms with van der Waals surface area (Å²) in [5, 5.41) is 0. The fourth-order valence-electron chi connectivity index (χ4n) is 1.44.